The summed E-state index contributed by atoms with van der Waals surface area (Å²) in [4.78, 5) is 27.1. The molecule has 4 rings (SSSR count). The Kier molecular flexibility index (Phi) is 4.44. The molecule has 2 aromatic carbocycles. The average molecular weight is 347 g/mol. The van der Waals surface area contributed by atoms with Crippen molar-refractivity contribution in [3.63, 3.8) is 0 Å². The van der Waals surface area contributed by atoms with E-state index in [0.29, 0.717) is 11.5 Å². The van der Waals surface area contributed by atoms with Crippen LogP contribution in [0.4, 0.5) is 4.79 Å². The minimum absolute atomic E-state index is 0.170. The number of carbonyl (C=O) groups excluding carboxylic acids is 1. The van der Waals surface area contributed by atoms with E-state index in [1.807, 2.05) is 48.5 Å². The van der Waals surface area contributed by atoms with Gasteiger partial charge in [0.25, 0.3) is 5.56 Å². The fraction of sp³-hybridized carbons (Fsp3) is 0.238. The topological polar surface area (TPSA) is 74.0 Å². The first-order valence-corrected chi connectivity index (χ1v) is 8.89. The number of aromatic amines is 1. The Labute approximate surface area is 151 Å². The van der Waals surface area contributed by atoms with Gasteiger partial charge < -0.3 is 15.6 Å². The molecule has 0 radical (unpaired) electrons. The van der Waals surface area contributed by atoms with Gasteiger partial charge >= 0.3 is 6.03 Å². The molecule has 1 fully saturated rings. The number of benzene rings is 2. The standard InChI is InChI=1S/C21H21N3O2/c25-20-17(10-15-8-4-5-9-19(15)24-20)13-22-21(26)23-18-11-16(12-18)14-6-2-1-3-7-14/h1-10,16,18H,11-13H2,(H,24,25)(H2,22,23,26). The van der Waals surface area contributed by atoms with Crippen molar-refractivity contribution in [2.45, 2.75) is 31.3 Å². The third-order valence-electron chi connectivity index (χ3n) is 5.01. The Bertz CT molecular complexity index is 975. The number of urea groups is 1. The highest BCUT2D eigenvalue weighted by Gasteiger charge is 2.31. The zero-order chi connectivity index (χ0) is 17.9. The van der Waals surface area contributed by atoms with Gasteiger partial charge in [-0.3, -0.25) is 4.79 Å². The van der Waals surface area contributed by atoms with Gasteiger partial charge in [-0.1, -0.05) is 48.5 Å². The van der Waals surface area contributed by atoms with Crippen LogP contribution in [0.1, 0.15) is 29.9 Å². The van der Waals surface area contributed by atoms with E-state index < -0.39 is 0 Å². The first-order chi connectivity index (χ1) is 12.7. The van der Waals surface area contributed by atoms with Crippen molar-refractivity contribution in [2.75, 3.05) is 0 Å². The second-order valence-corrected chi connectivity index (χ2v) is 6.81. The number of nitrogens with one attached hydrogen (secondary N) is 3. The Morgan fingerprint density at radius 3 is 2.58 bits per heavy atom. The normalized spacial score (nSPS) is 18.9. The highest BCUT2D eigenvalue weighted by atomic mass is 16.2. The van der Waals surface area contributed by atoms with Gasteiger partial charge in [0.05, 0.1) is 0 Å². The van der Waals surface area contributed by atoms with Gasteiger partial charge in [0.1, 0.15) is 0 Å². The van der Waals surface area contributed by atoms with E-state index in [1.165, 1.54) is 5.56 Å². The summed E-state index contributed by atoms with van der Waals surface area (Å²) in [5, 5.41) is 6.72. The van der Waals surface area contributed by atoms with E-state index in [4.69, 9.17) is 0 Å². The number of carbonyl (C=O) groups is 1. The van der Waals surface area contributed by atoms with Gasteiger partial charge in [0, 0.05) is 23.7 Å². The average Bonchev–Trinajstić information content (AvgIpc) is 2.63. The van der Waals surface area contributed by atoms with Gasteiger partial charge in [-0.05, 0) is 41.8 Å². The van der Waals surface area contributed by atoms with Crippen LogP contribution in [0.3, 0.4) is 0 Å². The first-order valence-electron chi connectivity index (χ1n) is 8.89. The summed E-state index contributed by atoms with van der Waals surface area (Å²) in [5.41, 5.74) is 2.51. The lowest BCUT2D eigenvalue weighted by molar-refractivity contribution is 0.222. The Morgan fingerprint density at radius 2 is 1.77 bits per heavy atom. The van der Waals surface area contributed by atoms with Crippen molar-refractivity contribution in [2.24, 2.45) is 0 Å². The van der Waals surface area contributed by atoms with Gasteiger partial charge in [-0.2, -0.15) is 0 Å². The second kappa shape index (κ2) is 7.04. The van der Waals surface area contributed by atoms with Crippen LogP contribution in [0.15, 0.2) is 65.5 Å². The third kappa shape index (κ3) is 3.47. The van der Waals surface area contributed by atoms with Crippen LogP contribution in [0.2, 0.25) is 0 Å². The summed E-state index contributed by atoms with van der Waals surface area (Å²) in [5.74, 6) is 0.518. The van der Waals surface area contributed by atoms with Crippen molar-refractivity contribution in [1.29, 1.82) is 0 Å². The first kappa shape index (κ1) is 16.4. The molecular weight excluding hydrogens is 326 g/mol. The summed E-state index contributed by atoms with van der Waals surface area (Å²) < 4.78 is 0. The molecule has 1 aliphatic carbocycles. The monoisotopic (exact) mass is 347 g/mol. The number of para-hydroxylation sites is 1. The molecule has 0 atom stereocenters. The lowest BCUT2D eigenvalue weighted by Crippen LogP contribution is -2.47. The number of amides is 2. The summed E-state index contributed by atoms with van der Waals surface area (Å²) in [6.45, 7) is 0.209. The molecular formula is C21H21N3O2. The smallest absolute Gasteiger partial charge is 0.315 e. The van der Waals surface area contributed by atoms with Crippen molar-refractivity contribution < 1.29 is 4.79 Å². The molecule has 3 aromatic rings. The van der Waals surface area contributed by atoms with Gasteiger partial charge in [0.15, 0.2) is 0 Å². The summed E-state index contributed by atoms with van der Waals surface area (Å²) in [7, 11) is 0. The van der Waals surface area contributed by atoms with Crippen LogP contribution in [0.25, 0.3) is 10.9 Å². The van der Waals surface area contributed by atoms with Crippen LogP contribution in [0, 0.1) is 0 Å². The number of pyridine rings is 1. The largest absolute Gasteiger partial charge is 0.335 e. The summed E-state index contributed by atoms with van der Waals surface area (Å²) in [6, 6.07) is 19.8. The lowest BCUT2D eigenvalue weighted by atomic mass is 9.76. The van der Waals surface area contributed by atoms with Gasteiger partial charge in [-0.25, -0.2) is 4.79 Å². The van der Waals surface area contributed by atoms with E-state index in [0.717, 1.165) is 23.7 Å². The van der Waals surface area contributed by atoms with E-state index >= 15 is 0 Å². The molecule has 26 heavy (non-hydrogen) atoms. The van der Waals surface area contributed by atoms with Crippen molar-refractivity contribution in [3.8, 4) is 0 Å². The van der Waals surface area contributed by atoms with Gasteiger partial charge in [-0.15, -0.1) is 0 Å². The number of fused-ring (bicyclic) bond motifs is 1. The van der Waals surface area contributed by atoms with Crippen molar-refractivity contribution in [1.82, 2.24) is 15.6 Å². The van der Waals surface area contributed by atoms with Crippen molar-refractivity contribution >= 4 is 16.9 Å². The molecule has 0 aliphatic heterocycles. The number of rotatable bonds is 4. The molecule has 1 saturated carbocycles. The molecule has 0 bridgehead atoms. The molecule has 1 heterocycles. The maximum atomic E-state index is 12.1. The van der Waals surface area contributed by atoms with E-state index in [1.54, 1.807) is 0 Å². The summed E-state index contributed by atoms with van der Waals surface area (Å²) in [6.07, 6.45) is 1.90. The Hall–Kier alpha value is -3.08. The molecule has 0 unspecified atom stereocenters. The molecule has 0 spiro atoms. The summed E-state index contributed by atoms with van der Waals surface area (Å²) >= 11 is 0. The zero-order valence-electron chi connectivity index (χ0n) is 14.4. The predicted molar refractivity (Wildman–Crippen MR) is 102 cm³/mol. The molecule has 2 amide bonds. The molecule has 1 aromatic heterocycles. The Morgan fingerprint density at radius 1 is 1.04 bits per heavy atom. The number of aromatic nitrogens is 1. The Balaban J connectivity index is 1.30. The number of H-pyrrole nitrogens is 1. The molecule has 1 aliphatic rings. The molecule has 5 heteroatoms. The minimum Gasteiger partial charge on any atom is -0.335 e. The molecule has 5 nitrogen and oxygen atoms in total. The van der Waals surface area contributed by atoms with Crippen LogP contribution < -0.4 is 16.2 Å². The van der Waals surface area contributed by atoms with E-state index in [9.17, 15) is 9.59 Å². The number of hydrogen-bond donors (Lipinski definition) is 3. The number of hydrogen-bond acceptors (Lipinski definition) is 2. The van der Waals surface area contributed by atoms with Crippen LogP contribution in [-0.4, -0.2) is 17.1 Å². The minimum atomic E-state index is -0.228. The van der Waals surface area contributed by atoms with Crippen molar-refractivity contribution in [3.05, 3.63) is 82.1 Å². The van der Waals surface area contributed by atoms with E-state index in [2.05, 4.69) is 27.8 Å². The van der Waals surface area contributed by atoms with Crippen LogP contribution in [0.5, 0.6) is 0 Å². The fourth-order valence-corrected chi connectivity index (χ4v) is 3.47. The predicted octanol–water partition coefficient (Wildman–Crippen LogP) is 3.27. The molecule has 3 N–H and O–H groups in total. The quantitative estimate of drug-likeness (QED) is 0.678. The fourth-order valence-electron chi connectivity index (χ4n) is 3.47. The highest BCUT2D eigenvalue weighted by Crippen LogP contribution is 2.36. The van der Waals surface area contributed by atoms with E-state index in [-0.39, 0.29) is 24.2 Å². The third-order valence-corrected chi connectivity index (χ3v) is 5.01. The lowest BCUT2D eigenvalue weighted by Gasteiger charge is -2.36. The molecule has 132 valence electrons. The maximum Gasteiger partial charge on any atom is 0.315 e. The molecule has 0 saturated heterocycles. The van der Waals surface area contributed by atoms with Crippen LogP contribution in [-0.2, 0) is 6.54 Å². The van der Waals surface area contributed by atoms with Crippen LogP contribution >= 0.6 is 0 Å². The van der Waals surface area contributed by atoms with Gasteiger partial charge in [0.2, 0.25) is 0 Å². The zero-order valence-corrected chi connectivity index (χ0v) is 14.4. The SMILES string of the molecule is O=C(NCc1cc2ccccc2[nH]c1=O)NC1CC(c2ccccc2)C1. The maximum absolute atomic E-state index is 12.1. The second-order valence-electron chi connectivity index (χ2n) is 6.81. The highest BCUT2D eigenvalue weighted by molar-refractivity contribution is 5.79.